The number of carbonyl (C=O) groups is 1. The average Bonchev–Trinajstić information content (AvgIpc) is 3.38. The highest BCUT2D eigenvalue weighted by Gasteiger charge is 2.39. The number of alkyl halides is 1. The number of nitrogens with zero attached hydrogens (tertiary/aromatic N) is 4. The fraction of sp³-hybridized carbons (Fsp3) is 0.407. The molecule has 7 nitrogen and oxygen atoms in total. The summed E-state index contributed by atoms with van der Waals surface area (Å²) in [6, 6.07) is 12.9. The number of anilines is 1. The molecule has 2 aliphatic rings. The second kappa shape index (κ2) is 11.7. The van der Waals surface area contributed by atoms with Gasteiger partial charge in [0.15, 0.2) is 0 Å². The van der Waals surface area contributed by atoms with Crippen LogP contribution in [0.3, 0.4) is 0 Å². The fourth-order valence-electron chi connectivity index (χ4n) is 5.12. The predicted molar refractivity (Wildman–Crippen MR) is 144 cm³/mol. The lowest BCUT2D eigenvalue weighted by molar-refractivity contribution is -0.127. The van der Waals surface area contributed by atoms with Gasteiger partial charge in [-0.25, -0.2) is 13.8 Å². The molecule has 1 N–H and O–H groups in total. The quantitative estimate of drug-likeness (QED) is 0.452. The van der Waals surface area contributed by atoms with Crippen molar-refractivity contribution >= 4 is 33.7 Å². The van der Waals surface area contributed by atoms with Crippen molar-refractivity contribution in [3.05, 3.63) is 54.1 Å². The summed E-state index contributed by atoms with van der Waals surface area (Å²) in [6.07, 6.45) is 0.883. The van der Waals surface area contributed by atoms with Crippen LogP contribution in [0, 0.1) is 23.1 Å². The van der Waals surface area contributed by atoms with E-state index in [2.05, 4.69) is 15.2 Å². The molecule has 3 aromatic rings. The molecule has 1 aliphatic heterocycles. The topological polar surface area (TPSA) is 99.0 Å². The first-order valence-corrected chi connectivity index (χ1v) is 14.8. The molecule has 3 atom stereocenters. The van der Waals surface area contributed by atoms with E-state index in [1.165, 1.54) is 17.4 Å². The van der Waals surface area contributed by atoms with Crippen LogP contribution >= 0.6 is 11.3 Å². The van der Waals surface area contributed by atoms with Gasteiger partial charge in [-0.05, 0) is 49.1 Å². The minimum Gasteiger partial charge on any atom is -0.370 e. The third-order valence-corrected chi connectivity index (χ3v) is 9.51. The number of halogens is 2. The van der Waals surface area contributed by atoms with Crippen LogP contribution in [-0.2, 0) is 15.6 Å². The van der Waals surface area contributed by atoms with Gasteiger partial charge in [0.2, 0.25) is 5.91 Å². The van der Waals surface area contributed by atoms with Crippen molar-refractivity contribution in [3.8, 4) is 27.2 Å². The zero-order valence-corrected chi connectivity index (χ0v) is 22.2. The van der Waals surface area contributed by atoms with Crippen LogP contribution in [0.15, 0.2) is 42.6 Å². The van der Waals surface area contributed by atoms with Gasteiger partial charge in [0, 0.05) is 52.9 Å². The van der Waals surface area contributed by atoms with Crippen LogP contribution in [0.1, 0.15) is 30.9 Å². The van der Waals surface area contributed by atoms with Crippen molar-refractivity contribution in [1.82, 2.24) is 15.3 Å². The van der Waals surface area contributed by atoms with Crippen molar-refractivity contribution in [1.29, 1.82) is 5.26 Å². The Morgan fingerprint density at radius 3 is 2.63 bits per heavy atom. The Balaban J connectivity index is 1.52. The molecule has 0 radical (unpaired) electrons. The zero-order valence-electron chi connectivity index (χ0n) is 20.6. The van der Waals surface area contributed by atoms with E-state index in [1.807, 2.05) is 30.3 Å². The van der Waals surface area contributed by atoms with Crippen LogP contribution in [-0.4, -0.2) is 57.4 Å². The lowest BCUT2D eigenvalue weighted by Gasteiger charge is -2.32. The van der Waals surface area contributed by atoms with E-state index in [9.17, 15) is 17.8 Å². The van der Waals surface area contributed by atoms with E-state index >= 15 is 0 Å². The number of hydrogen-bond donors (Lipinski definition) is 1. The summed E-state index contributed by atoms with van der Waals surface area (Å²) in [6.45, 7) is 1.34. The van der Waals surface area contributed by atoms with E-state index in [-0.39, 0.29) is 24.8 Å². The molecule has 1 aromatic carbocycles. The predicted octanol–water partition coefficient (Wildman–Crippen LogP) is 4.44. The van der Waals surface area contributed by atoms with Crippen molar-refractivity contribution in [3.63, 3.8) is 0 Å². The number of rotatable bonds is 6. The molecule has 11 heteroatoms. The first-order valence-electron chi connectivity index (χ1n) is 12.5. The zero-order chi connectivity index (χ0) is 26.6. The van der Waals surface area contributed by atoms with Crippen LogP contribution in [0.5, 0.6) is 0 Å². The fourth-order valence-corrected chi connectivity index (χ4v) is 7.29. The monoisotopic (exact) mass is 555 g/mol. The molecule has 1 saturated heterocycles. The Labute approximate surface area is 226 Å². The number of hydrogen-bond acceptors (Lipinski definition) is 7. The van der Waals surface area contributed by atoms with Gasteiger partial charge in [0.1, 0.15) is 23.5 Å². The minimum absolute atomic E-state index is 0.0678. The van der Waals surface area contributed by atoms with Crippen molar-refractivity contribution < 1.29 is 17.8 Å². The molecule has 3 heterocycles. The third-order valence-electron chi connectivity index (χ3n) is 7.09. The van der Waals surface area contributed by atoms with Crippen molar-refractivity contribution in [2.75, 3.05) is 36.0 Å². The van der Waals surface area contributed by atoms with Crippen LogP contribution in [0.2, 0.25) is 0 Å². The molecule has 1 saturated carbocycles. The van der Waals surface area contributed by atoms with E-state index in [1.54, 1.807) is 6.07 Å². The van der Waals surface area contributed by atoms with E-state index in [4.69, 9.17) is 10.2 Å². The summed E-state index contributed by atoms with van der Waals surface area (Å²) in [5, 5.41) is 12.1. The minimum atomic E-state index is -1.09. The van der Waals surface area contributed by atoms with Crippen molar-refractivity contribution in [2.24, 2.45) is 5.92 Å². The molecule has 2 fully saturated rings. The summed E-state index contributed by atoms with van der Waals surface area (Å²) in [5.74, 6) is -0.480. The molecule has 1 amide bonds. The second-order valence-corrected chi connectivity index (χ2v) is 12.2. The van der Waals surface area contributed by atoms with Gasteiger partial charge < -0.3 is 10.2 Å². The Bertz CT molecular complexity index is 1350. The highest BCUT2D eigenvalue weighted by atomic mass is 32.2. The first kappa shape index (κ1) is 26.4. The number of carbonyl (C=O) groups excluding carboxylic acids is 1. The number of nitriles is 1. The summed E-state index contributed by atoms with van der Waals surface area (Å²) in [7, 11) is -0.759. The average molecular weight is 556 g/mol. The highest BCUT2D eigenvalue weighted by Crippen LogP contribution is 2.46. The van der Waals surface area contributed by atoms with Crippen molar-refractivity contribution in [2.45, 2.75) is 31.4 Å². The lowest BCUT2D eigenvalue weighted by atomic mass is 9.75. The number of benzene rings is 1. The SMILES string of the molecule is N#CCNC(=O)C1C[C@@H](F)CC[C@H]1c1nc(-c2ccc(F)cn2)sc1-c1ccc(N2CCS(=O)CC2)cc1. The number of aromatic nitrogens is 2. The molecule has 38 heavy (non-hydrogen) atoms. The van der Waals surface area contributed by atoms with Gasteiger partial charge in [0.05, 0.1) is 28.5 Å². The lowest BCUT2D eigenvalue weighted by Crippen LogP contribution is -2.38. The largest absolute Gasteiger partial charge is 0.370 e. The molecule has 5 rings (SSSR count). The molecule has 2 aromatic heterocycles. The van der Waals surface area contributed by atoms with Crippen LogP contribution in [0.25, 0.3) is 21.1 Å². The number of thiazole rings is 1. The normalized spacial score (nSPS) is 22.1. The standard InChI is InChI=1S/C27H27F2N5O2S2/c28-18-3-7-21(22(15-18)26(35)31-10-9-30)24-25(37-27(33-24)23-8-4-19(29)16-32-23)17-1-5-20(6-2-17)34-11-13-38(36)14-12-34/h1-2,4-6,8,16,18,21-22H,3,7,10-15H2,(H,31,35)/t18-,21+,22?/m0/s1. The Kier molecular flexibility index (Phi) is 8.09. The summed E-state index contributed by atoms with van der Waals surface area (Å²) >= 11 is 1.41. The van der Waals surface area contributed by atoms with E-state index in [0.29, 0.717) is 40.7 Å². The number of nitrogens with one attached hydrogen (secondary N) is 1. The van der Waals surface area contributed by atoms with Gasteiger partial charge in [-0.3, -0.25) is 14.0 Å². The van der Waals surface area contributed by atoms with Gasteiger partial charge >= 0.3 is 0 Å². The Morgan fingerprint density at radius 2 is 1.95 bits per heavy atom. The van der Waals surface area contributed by atoms with Gasteiger partial charge in [-0.15, -0.1) is 11.3 Å². The molecular weight excluding hydrogens is 528 g/mol. The first-order chi connectivity index (χ1) is 18.4. The number of amides is 1. The summed E-state index contributed by atoms with van der Waals surface area (Å²) in [5.41, 5.74) is 3.17. The van der Waals surface area contributed by atoms with Gasteiger partial charge in [0.25, 0.3) is 0 Å². The molecule has 198 valence electrons. The summed E-state index contributed by atoms with van der Waals surface area (Å²) < 4.78 is 39.7. The third kappa shape index (κ3) is 5.76. The van der Waals surface area contributed by atoms with Crippen LogP contribution < -0.4 is 10.2 Å². The van der Waals surface area contributed by atoms with E-state index in [0.717, 1.165) is 35.4 Å². The number of pyridine rings is 1. The molecule has 1 aliphatic carbocycles. The molecule has 0 spiro atoms. The maximum absolute atomic E-state index is 14.5. The molecule has 0 bridgehead atoms. The van der Waals surface area contributed by atoms with Gasteiger partial charge in [-0.2, -0.15) is 5.26 Å². The van der Waals surface area contributed by atoms with Crippen LogP contribution in [0.4, 0.5) is 14.5 Å². The Morgan fingerprint density at radius 1 is 1.18 bits per heavy atom. The Hall–Kier alpha value is -3.23. The molecule has 1 unspecified atom stereocenters. The second-order valence-electron chi connectivity index (χ2n) is 9.48. The molecular formula is C27H27F2N5O2S2. The smallest absolute Gasteiger partial charge is 0.224 e. The van der Waals surface area contributed by atoms with Gasteiger partial charge in [-0.1, -0.05) is 12.1 Å². The highest BCUT2D eigenvalue weighted by molar-refractivity contribution is 7.85. The summed E-state index contributed by atoms with van der Waals surface area (Å²) in [4.78, 5) is 25.1. The van der Waals surface area contributed by atoms with E-state index < -0.39 is 28.7 Å². The maximum atomic E-state index is 14.5. The maximum Gasteiger partial charge on any atom is 0.224 e.